The normalized spacial score (nSPS) is 14.1. The molecule has 0 bridgehead atoms. The Morgan fingerprint density at radius 3 is 2.46 bits per heavy atom. The fourth-order valence-electron chi connectivity index (χ4n) is 3.31. The summed E-state index contributed by atoms with van der Waals surface area (Å²) in [6.45, 7) is 0.847. The minimum atomic E-state index is 0.511. The number of thiocarbonyl (C=S) groups is 1. The van der Waals surface area contributed by atoms with Gasteiger partial charge in [-0.05, 0) is 55.6 Å². The Hall–Kier alpha value is -2.24. The largest absolute Gasteiger partial charge is 0.331 e. The second kappa shape index (κ2) is 7.98. The molecule has 1 heterocycles. The zero-order chi connectivity index (χ0) is 17.8. The molecule has 0 saturated carbocycles. The van der Waals surface area contributed by atoms with E-state index in [0.717, 1.165) is 29.9 Å². The van der Waals surface area contributed by atoms with Gasteiger partial charge in [0, 0.05) is 16.3 Å². The lowest BCUT2D eigenvalue weighted by atomic mass is 10.0. The molecule has 3 aromatic rings. The van der Waals surface area contributed by atoms with Crippen LogP contribution < -0.4 is 10.1 Å². The van der Waals surface area contributed by atoms with Gasteiger partial charge in [0.15, 0.2) is 9.91 Å². The number of aromatic nitrogens is 1. The minimum absolute atomic E-state index is 0.511. The van der Waals surface area contributed by atoms with Crippen molar-refractivity contribution in [2.45, 2.75) is 32.2 Å². The summed E-state index contributed by atoms with van der Waals surface area (Å²) in [4.78, 5) is 7.22. The molecule has 26 heavy (non-hydrogen) atoms. The van der Waals surface area contributed by atoms with E-state index in [1.165, 1.54) is 29.0 Å². The van der Waals surface area contributed by atoms with E-state index in [2.05, 4.69) is 40.2 Å². The number of rotatable bonds is 3. The molecule has 3 nitrogen and oxygen atoms in total. The maximum absolute atomic E-state index is 5.50. The lowest BCUT2D eigenvalue weighted by Gasteiger charge is -2.14. The molecular weight excluding hydrogens is 358 g/mol. The standard InChI is InChI=1S/C21H21N3S2/c25-20(22-17-11-5-2-6-12-17)23-21-24(15-16-9-3-1-4-10-16)18-13-7-8-14-19(18)26-21/h1-6,9-12H,7-8,13-15H2,(H,22,25)/b23-21-. The Kier molecular flexibility index (Phi) is 5.27. The van der Waals surface area contributed by atoms with E-state index >= 15 is 0 Å². The topological polar surface area (TPSA) is 29.3 Å². The predicted molar refractivity (Wildman–Crippen MR) is 113 cm³/mol. The van der Waals surface area contributed by atoms with Crippen molar-refractivity contribution in [2.24, 2.45) is 4.99 Å². The van der Waals surface area contributed by atoms with Crippen molar-refractivity contribution in [3.8, 4) is 0 Å². The molecule has 1 N–H and O–H groups in total. The number of anilines is 1. The minimum Gasteiger partial charge on any atom is -0.331 e. The van der Waals surface area contributed by atoms with Crippen LogP contribution in [0.25, 0.3) is 0 Å². The highest BCUT2D eigenvalue weighted by Crippen LogP contribution is 2.24. The number of para-hydroxylation sites is 1. The summed E-state index contributed by atoms with van der Waals surface area (Å²) < 4.78 is 2.35. The third kappa shape index (κ3) is 3.94. The Bertz CT molecular complexity index is 956. The maximum atomic E-state index is 5.50. The molecule has 0 saturated heterocycles. The van der Waals surface area contributed by atoms with Crippen LogP contribution >= 0.6 is 23.6 Å². The van der Waals surface area contributed by atoms with Crippen LogP contribution in [0.4, 0.5) is 5.69 Å². The van der Waals surface area contributed by atoms with Gasteiger partial charge in [0.25, 0.3) is 0 Å². The number of fused-ring (bicyclic) bond motifs is 1. The molecular formula is C21H21N3S2. The Balaban J connectivity index is 1.68. The first-order valence-electron chi connectivity index (χ1n) is 8.96. The zero-order valence-electron chi connectivity index (χ0n) is 14.5. The molecule has 1 aromatic heterocycles. The summed E-state index contributed by atoms with van der Waals surface area (Å²) in [6, 6.07) is 20.6. The first-order valence-corrected chi connectivity index (χ1v) is 10.2. The molecule has 1 aliphatic rings. The average molecular weight is 380 g/mol. The highest BCUT2D eigenvalue weighted by atomic mass is 32.1. The van der Waals surface area contributed by atoms with Crippen molar-refractivity contribution in [3.05, 3.63) is 81.6 Å². The van der Waals surface area contributed by atoms with Crippen LogP contribution in [0, 0.1) is 0 Å². The van der Waals surface area contributed by atoms with Crippen molar-refractivity contribution < 1.29 is 0 Å². The van der Waals surface area contributed by atoms with Gasteiger partial charge >= 0.3 is 0 Å². The summed E-state index contributed by atoms with van der Waals surface area (Å²) >= 11 is 7.29. The third-order valence-electron chi connectivity index (χ3n) is 4.57. The summed E-state index contributed by atoms with van der Waals surface area (Å²) in [5, 5.41) is 3.73. The third-order valence-corrected chi connectivity index (χ3v) is 5.94. The highest BCUT2D eigenvalue weighted by molar-refractivity contribution is 7.80. The molecule has 0 radical (unpaired) electrons. The molecule has 0 aliphatic heterocycles. The molecule has 132 valence electrons. The smallest absolute Gasteiger partial charge is 0.199 e. The van der Waals surface area contributed by atoms with Gasteiger partial charge in [-0.3, -0.25) is 0 Å². The number of aryl methyl sites for hydroxylation is 1. The van der Waals surface area contributed by atoms with Crippen molar-refractivity contribution >= 4 is 34.4 Å². The number of nitrogens with one attached hydrogen (secondary N) is 1. The van der Waals surface area contributed by atoms with Crippen LogP contribution in [0.1, 0.15) is 29.0 Å². The van der Waals surface area contributed by atoms with Gasteiger partial charge in [0.2, 0.25) is 0 Å². The first kappa shape index (κ1) is 17.2. The average Bonchev–Trinajstić information content (AvgIpc) is 3.00. The Labute approximate surface area is 163 Å². The molecule has 5 heteroatoms. The van der Waals surface area contributed by atoms with Crippen LogP contribution in [-0.2, 0) is 19.4 Å². The van der Waals surface area contributed by atoms with E-state index in [1.807, 2.05) is 30.3 Å². The highest BCUT2D eigenvalue weighted by Gasteiger charge is 2.17. The second-order valence-electron chi connectivity index (χ2n) is 6.44. The fourth-order valence-corrected chi connectivity index (χ4v) is 4.79. The summed E-state index contributed by atoms with van der Waals surface area (Å²) in [5.41, 5.74) is 3.70. The summed E-state index contributed by atoms with van der Waals surface area (Å²) in [6.07, 6.45) is 4.81. The Morgan fingerprint density at radius 2 is 1.69 bits per heavy atom. The van der Waals surface area contributed by atoms with Crippen LogP contribution in [0.5, 0.6) is 0 Å². The molecule has 0 atom stereocenters. The van der Waals surface area contributed by atoms with Gasteiger partial charge in [-0.2, -0.15) is 4.99 Å². The summed E-state index contributed by atoms with van der Waals surface area (Å²) in [5.74, 6) is 0. The molecule has 0 amide bonds. The zero-order valence-corrected chi connectivity index (χ0v) is 16.2. The lowest BCUT2D eigenvalue weighted by molar-refractivity contribution is 0.622. The van der Waals surface area contributed by atoms with Crippen molar-refractivity contribution in [1.29, 1.82) is 0 Å². The van der Waals surface area contributed by atoms with Crippen molar-refractivity contribution in [3.63, 3.8) is 0 Å². The van der Waals surface area contributed by atoms with E-state index in [-0.39, 0.29) is 0 Å². The lowest BCUT2D eigenvalue weighted by Crippen LogP contribution is -2.22. The van der Waals surface area contributed by atoms with Gasteiger partial charge in [-0.15, -0.1) is 11.3 Å². The molecule has 0 unspecified atom stereocenters. The van der Waals surface area contributed by atoms with E-state index in [1.54, 1.807) is 11.3 Å². The quantitative estimate of drug-likeness (QED) is 0.664. The predicted octanol–water partition coefficient (Wildman–Crippen LogP) is 4.77. The first-order chi connectivity index (χ1) is 12.8. The van der Waals surface area contributed by atoms with Gasteiger partial charge in [-0.1, -0.05) is 48.5 Å². The van der Waals surface area contributed by atoms with Gasteiger partial charge in [0.1, 0.15) is 0 Å². The number of benzene rings is 2. The van der Waals surface area contributed by atoms with Gasteiger partial charge < -0.3 is 9.88 Å². The SMILES string of the molecule is S=C(/N=c1\sc2c(n1Cc1ccccc1)CCCC2)Nc1ccccc1. The molecule has 1 aliphatic carbocycles. The van der Waals surface area contributed by atoms with E-state index in [0.29, 0.717) is 5.11 Å². The van der Waals surface area contributed by atoms with E-state index in [4.69, 9.17) is 17.2 Å². The number of thiazole rings is 1. The van der Waals surface area contributed by atoms with Crippen molar-refractivity contribution in [2.75, 3.05) is 5.32 Å². The molecule has 4 rings (SSSR count). The summed E-state index contributed by atoms with van der Waals surface area (Å²) in [7, 11) is 0. The van der Waals surface area contributed by atoms with Crippen molar-refractivity contribution in [1.82, 2.24) is 4.57 Å². The van der Waals surface area contributed by atoms with Crippen LogP contribution in [-0.4, -0.2) is 9.68 Å². The number of hydrogen-bond acceptors (Lipinski definition) is 2. The molecule has 0 spiro atoms. The van der Waals surface area contributed by atoms with E-state index in [9.17, 15) is 0 Å². The van der Waals surface area contributed by atoms with Gasteiger partial charge in [-0.25, -0.2) is 0 Å². The molecule has 2 aromatic carbocycles. The number of hydrogen-bond donors (Lipinski definition) is 1. The molecule has 0 fully saturated rings. The number of nitrogens with zero attached hydrogens (tertiary/aromatic N) is 2. The second-order valence-corrected chi connectivity index (χ2v) is 7.89. The fraction of sp³-hybridized carbons (Fsp3) is 0.238. The Morgan fingerprint density at radius 1 is 1.00 bits per heavy atom. The monoisotopic (exact) mass is 379 g/mol. The van der Waals surface area contributed by atoms with E-state index < -0.39 is 0 Å². The van der Waals surface area contributed by atoms with Gasteiger partial charge in [0.05, 0.1) is 6.54 Å². The maximum Gasteiger partial charge on any atom is 0.199 e. The van der Waals surface area contributed by atoms with Crippen LogP contribution in [0.2, 0.25) is 0 Å². The van der Waals surface area contributed by atoms with Crippen LogP contribution in [0.3, 0.4) is 0 Å². The van der Waals surface area contributed by atoms with Crippen LogP contribution in [0.15, 0.2) is 65.7 Å².